The van der Waals surface area contributed by atoms with Crippen LogP contribution in [0.5, 0.6) is 0 Å². The van der Waals surface area contributed by atoms with Gasteiger partial charge in [-0.05, 0) is 50.1 Å². The number of nitrogens with zero attached hydrogens (tertiary/aromatic N) is 2. The maximum absolute atomic E-state index is 13.0. The minimum Gasteiger partial charge on any atom is -0.463 e. The van der Waals surface area contributed by atoms with Crippen LogP contribution in [0.3, 0.4) is 0 Å². The van der Waals surface area contributed by atoms with E-state index in [0.717, 1.165) is 16.9 Å². The van der Waals surface area contributed by atoms with Crippen molar-refractivity contribution in [1.82, 2.24) is 9.21 Å². The molecule has 0 aliphatic carbocycles. The number of rotatable bonds is 6. The van der Waals surface area contributed by atoms with Gasteiger partial charge in [0.25, 0.3) is 5.91 Å². The van der Waals surface area contributed by atoms with Crippen molar-refractivity contribution in [3.63, 3.8) is 0 Å². The average Bonchev–Trinajstić information content (AvgIpc) is 3.22. The third-order valence-electron chi connectivity index (χ3n) is 5.19. The molecule has 0 saturated carbocycles. The van der Waals surface area contributed by atoms with Gasteiger partial charge in [-0.2, -0.15) is 4.31 Å². The molecule has 0 unspecified atom stereocenters. The normalized spacial score (nSPS) is 16.9. The molecule has 0 spiro atoms. The Balaban J connectivity index is 1.56. The molecule has 28 heavy (non-hydrogen) atoms. The quantitative estimate of drug-likeness (QED) is 0.777. The number of sulfonamides is 1. The Bertz CT molecular complexity index is 917. The maximum atomic E-state index is 13.0. The molecule has 1 aromatic carbocycles. The summed E-state index contributed by atoms with van der Waals surface area (Å²) in [6.45, 7) is 7.44. The smallest absolute Gasteiger partial charge is 0.277 e. The molecule has 1 aliphatic rings. The molecule has 1 aliphatic heterocycles. The van der Waals surface area contributed by atoms with Crippen LogP contribution >= 0.6 is 0 Å². The number of aryl methyl sites for hydroxylation is 2. The molecule has 1 amide bonds. The molecular weight excluding hydrogens is 378 g/mol. The molecule has 2 heterocycles. The highest BCUT2D eigenvalue weighted by atomic mass is 32.2. The number of furan rings is 1. The van der Waals surface area contributed by atoms with Crippen molar-refractivity contribution in [2.75, 3.05) is 32.7 Å². The zero-order valence-corrected chi connectivity index (χ0v) is 17.4. The predicted molar refractivity (Wildman–Crippen MR) is 105 cm³/mol. The first-order valence-corrected chi connectivity index (χ1v) is 10.9. The van der Waals surface area contributed by atoms with E-state index in [1.54, 1.807) is 17.2 Å². The molecule has 1 atom stereocenters. The average molecular weight is 407 g/mol. The fourth-order valence-electron chi connectivity index (χ4n) is 3.38. The third-order valence-corrected chi connectivity index (χ3v) is 7.23. The van der Waals surface area contributed by atoms with Crippen molar-refractivity contribution in [1.29, 1.82) is 0 Å². The number of hydrogen-bond donors (Lipinski definition) is 1. The first kappa shape index (κ1) is 20.6. The van der Waals surface area contributed by atoms with Gasteiger partial charge in [-0.25, -0.2) is 8.42 Å². The lowest BCUT2D eigenvalue weighted by atomic mass is 10.2. The van der Waals surface area contributed by atoms with Crippen molar-refractivity contribution < 1.29 is 22.9 Å². The number of benzene rings is 1. The Morgan fingerprint density at radius 1 is 1.18 bits per heavy atom. The molecule has 8 heteroatoms. The van der Waals surface area contributed by atoms with E-state index in [-0.39, 0.29) is 11.9 Å². The monoisotopic (exact) mass is 406 g/mol. The predicted octanol–water partition coefficient (Wildman–Crippen LogP) is 1.05. The molecule has 152 valence electrons. The summed E-state index contributed by atoms with van der Waals surface area (Å²) in [4.78, 5) is 14.6. The van der Waals surface area contributed by atoms with E-state index < -0.39 is 10.0 Å². The number of piperazine rings is 1. The molecule has 1 aromatic heterocycles. The fraction of sp³-hybridized carbons (Fsp3) is 0.450. The van der Waals surface area contributed by atoms with E-state index >= 15 is 0 Å². The van der Waals surface area contributed by atoms with Crippen molar-refractivity contribution in [3.05, 3.63) is 53.5 Å². The second kappa shape index (κ2) is 8.46. The number of carbonyl (C=O) groups excluding carboxylic acids is 1. The van der Waals surface area contributed by atoms with E-state index in [1.807, 2.05) is 50.4 Å². The summed E-state index contributed by atoms with van der Waals surface area (Å²) < 4.78 is 32.8. The summed E-state index contributed by atoms with van der Waals surface area (Å²) in [5.74, 6) is 0.847. The van der Waals surface area contributed by atoms with E-state index in [4.69, 9.17) is 4.42 Å². The highest BCUT2D eigenvalue weighted by Crippen LogP contribution is 2.22. The molecule has 2 N–H and O–H groups in total. The Morgan fingerprint density at radius 3 is 2.54 bits per heavy atom. The van der Waals surface area contributed by atoms with Crippen LogP contribution in [-0.4, -0.2) is 56.3 Å². The van der Waals surface area contributed by atoms with Crippen LogP contribution in [0.4, 0.5) is 0 Å². The lowest BCUT2D eigenvalue weighted by Crippen LogP contribution is -2.87. The lowest BCUT2D eigenvalue weighted by Gasteiger charge is -2.34. The lowest BCUT2D eigenvalue weighted by molar-refractivity contribution is -0.685. The summed E-state index contributed by atoms with van der Waals surface area (Å²) in [5, 5.41) is 1.93. The van der Waals surface area contributed by atoms with Crippen LogP contribution in [0.15, 0.2) is 45.9 Å². The van der Waals surface area contributed by atoms with E-state index in [2.05, 4.69) is 0 Å². The summed E-state index contributed by atoms with van der Waals surface area (Å²) in [5.41, 5.74) is 1.66. The van der Waals surface area contributed by atoms with Gasteiger partial charge in [0.05, 0.1) is 11.2 Å². The molecule has 0 bridgehead atoms. The SMILES string of the molecule is Cc1ccc(C)c(S(=O)(=O)N2CCN(C(=O)C[NH2+][C@@H](C)c3ccco3)CC2)c1. The van der Waals surface area contributed by atoms with Crippen LogP contribution in [0, 0.1) is 13.8 Å². The molecule has 1 saturated heterocycles. The van der Waals surface area contributed by atoms with Gasteiger partial charge in [-0.15, -0.1) is 0 Å². The van der Waals surface area contributed by atoms with Crippen LogP contribution in [0.2, 0.25) is 0 Å². The van der Waals surface area contributed by atoms with Gasteiger partial charge in [0.1, 0.15) is 6.04 Å². The minimum atomic E-state index is -3.54. The highest BCUT2D eigenvalue weighted by molar-refractivity contribution is 7.89. The molecular formula is C20H28N3O4S+. The van der Waals surface area contributed by atoms with Crippen molar-refractivity contribution in [2.24, 2.45) is 0 Å². The molecule has 1 fully saturated rings. The van der Waals surface area contributed by atoms with Gasteiger partial charge in [-0.1, -0.05) is 12.1 Å². The molecule has 3 rings (SSSR count). The van der Waals surface area contributed by atoms with Gasteiger partial charge < -0.3 is 14.6 Å². The van der Waals surface area contributed by atoms with Crippen LogP contribution in [0.25, 0.3) is 0 Å². The minimum absolute atomic E-state index is 0.0159. The second-order valence-corrected chi connectivity index (χ2v) is 9.20. The first-order chi connectivity index (χ1) is 13.3. The van der Waals surface area contributed by atoms with Crippen molar-refractivity contribution in [3.8, 4) is 0 Å². The Kier molecular flexibility index (Phi) is 6.22. The summed E-state index contributed by atoms with van der Waals surface area (Å²) in [6.07, 6.45) is 1.62. The first-order valence-electron chi connectivity index (χ1n) is 9.51. The zero-order valence-electron chi connectivity index (χ0n) is 16.6. The largest absolute Gasteiger partial charge is 0.463 e. The van der Waals surface area contributed by atoms with Crippen molar-refractivity contribution >= 4 is 15.9 Å². The summed E-state index contributed by atoms with van der Waals surface area (Å²) in [7, 11) is -3.54. The summed E-state index contributed by atoms with van der Waals surface area (Å²) in [6, 6.07) is 9.24. The fourth-order valence-corrected chi connectivity index (χ4v) is 5.11. The van der Waals surface area contributed by atoms with Gasteiger partial charge in [0.2, 0.25) is 10.0 Å². The molecule has 7 nitrogen and oxygen atoms in total. The summed E-state index contributed by atoms with van der Waals surface area (Å²) >= 11 is 0. The van der Waals surface area contributed by atoms with Crippen LogP contribution in [0.1, 0.15) is 29.9 Å². The van der Waals surface area contributed by atoms with Gasteiger partial charge >= 0.3 is 0 Å². The van der Waals surface area contributed by atoms with Crippen molar-refractivity contribution in [2.45, 2.75) is 31.7 Å². The number of hydrogen-bond acceptors (Lipinski definition) is 4. The molecule has 0 radical (unpaired) electrons. The molecule has 2 aromatic rings. The maximum Gasteiger partial charge on any atom is 0.277 e. The van der Waals surface area contributed by atoms with Gasteiger partial charge in [0.15, 0.2) is 12.3 Å². The van der Waals surface area contributed by atoms with E-state index in [0.29, 0.717) is 37.6 Å². The highest BCUT2D eigenvalue weighted by Gasteiger charge is 2.31. The Labute approximate surface area is 166 Å². The Hall–Kier alpha value is -2.16. The zero-order chi connectivity index (χ0) is 20.3. The van der Waals surface area contributed by atoms with Gasteiger partial charge in [-0.3, -0.25) is 4.79 Å². The number of carbonyl (C=O) groups is 1. The number of nitrogens with two attached hydrogens (primary N) is 1. The Morgan fingerprint density at radius 2 is 1.89 bits per heavy atom. The van der Waals surface area contributed by atoms with Gasteiger partial charge in [0, 0.05) is 26.2 Å². The van der Waals surface area contributed by atoms with E-state index in [9.17, 15) is 13.2 Å². The second-order valence-electron chi connectivity index (χ2n) is 7.30. The van der Waals surface area contributed by atoms with E-state index in [1.165, 1.54) is 4.31 Å². The standard InChI is InChI=1S/C20H27N3O4S/c1-15-6-7-16(2)19(13-15)28(25,26)23-10-8-22(9-11-23)20(24)14-21-17(3)18-5-4-12-27-18/h4-7,12-13,17,21H,8-11,14H2,1-3H3/p+1/t17-/m0/s1. The van der Waals surface area contributed by atoms with Crippen LogP contribution in [-0.2, 0) is 14.8 Å². The topological polar surface area (TPSA) is 87.4 Å². The number of amides is 1. The number of quaternary nitrogens is 1. The van der Waals surface area contributed by atoms with Crippen LogP contribution < -0.4 is 5.32 Å². The third kappa shape index (κ3) is 4.45.